The van der Waals surface area contributed by atoms with Crippen LogP contribution in [0, 0.1) is 5.41 Å². The summed E-state index contributed by atoms with van der Waals surface area (Å²) in [5.74, 6) is 1.43. The second-order valence-corrected chi connectivity index (χ2v) is 9.17. The van der Waals surface area contributed by atoms with Gasteiger partial charge in [0.2, 0.25) is 5.91 Å². The zero-order chi connectivity index (χ0) is 22.3. The highest BCUT2D eigenvalue weighted by Gasteiger charge is 2.40. The monoisotopic (exact) mass is 436 g/mol. The van der Waals surface area contributed by atoms with Crippen molar-refractivity contribution in [2.24, 2.45) is 0 Å². The average Bonchev–Trinajstić information content (AvgIpc) is 3.54. The molecule has 1 saturated carbocycles. The van der Waals surface area contributed by atoms with Gasteiger partial charge in [0.25, 0.3) is 0 Å². The summed E-state index contributed by atoms with van der Waals surface area (Å²) in [6.07, 6.45) is 5.16. The number of amides is 1. The van der Waals surface area contributed by atoms with E-state index in [9.17, 15) is 4.79 Å². The Morgan fingerprint density at radius 2 is 2.00 bits per heavy atom. The van der Waals surface area contributed by atoms with Crippen LogP contribution >= 0.6 is 0 Å². The predicted molar refractivity (Wildman–Crippen MR) is 120 cm³/mol. The molecule has 1 aromatic heterocycles. The average molecular weight is 437 g/mol. The lowest BCUT2D eigenvalue weighted by atomic mass is 9.90. The molecule has 1 aliphatic carbocycles. The van der Waals surface area contributed by atoms with E-state index in [-0.39, 0.29) is 29.4 Å². The van der Waals surface area contributed by atoms with Crippen LogP contribution in [-0.2, 0) is 9.53 Å². The molecule has 168 valence electrons. The van der Waals surface area contributed by atoms with Crippen molar-refractivity contribution in [3.05, 3.63) is 41.9 Å². The van der Waals surface area contributed by atoms with Gasteiger partial charge in [-0.15, -0.1) is 0 Å². The topological polar surface area (TPSA) is 126 Å². The first-order valence-corrected chi connectivity index (χ1v) is 11.0. The lowest BCUT2D eigenvalue weighted by Crippen LogP contribution is -2.57. The van der Waals surface area contributed by atoms with E-state index in [0.29, 0.717) is 29.2 Å². The fourth-order valence-corrected chi connectivity index (χ4v) is 4.22. The number of anilines is 2. The van der Waals surface area contributed by atoms with Gasteiger partial charge in [-0.05, 0) is 50.8 Å². The lowest BCUT2D eigenvalue weighted by molar-refractivity contribution is -0.146. The number of nitrogens with two attached hydrogens (primary N) is 1. The van der Waals surface area contributed by atoms with Gasteiger partial charge in [0.15, 0.2) is 0 Å². The Morgan fingerprint density at radius 1 is 1.22 bits per heavy atom. The molecule has 0 atom stereocenters. The number of rotatable bonds is 5. The Labute approximate surface area is 186 Å². The third kappa shape index (κ3) is 4.12. The zero-order valence-corrected chi connectivity index (χ0v) is 18.2. The second kappa shape index (κ2) is 7.74. The van der Waals surface area contributed by atoms with E-state index in [1.165, 1.54) is 6.33 Å². The number of carbonyl (C=O) groups is 1. The molecule has 3 aliphatic rings. The molecule has 9 heteroatoms. The highest BCUT2D eigenvalue weighted by atomic mass is 16.5. The third-order valence-electron chi connectivity index (χ3n) is 6.64. The van der Waals surface area contributed by atoms with Crippen LogP contribution in [0.5, 0.6) is 5.75 Å². The first-order chi connectivity index (χ1) is 15.3. The van der Waals surface area contributed by atoms with Crippen molar-refractivity contribution in [2.75, 3.05) is 36.9 Å². The predicted octanol–water partition coefficient (Wildman–Crippen LogP) is 1.89. The van der Waals surface area contributed by atoms with Gasteiger partial charge in [-0.25, -0.2) is 9.97 Å². The summed E-state index contributed by atoms with van der Waals surface area (Å²) in [7, 11) is 0. The van der Waals surface area contributed by atoms with Gasteiger partial charge < -0.3 is 25.4 Å². The minimum absolute atomic E-state index is 0.0583. The van der Waals surface area contributed by atoms with Gasteiger partial charge >= 0.3 is 0 Å². The van der Waals surface area contributed by atoms with E-state index in [2.05, 4.69) is 27.1 Å². The molecule has 5 rings (SSSR count). The Morgan fingerprint density at radius 3 is 2.69 bits per heavy atom. The smallest absolute Gasteiger partial charge is 0.246 e. The van der Waals surface area contributed by atoms with Gasteiger partial charge in [0.05, 0.1) is 17.0 Å². The molecule has 32 heavy (non-hydrogen) atoms. The van der Waals surface area contributed by atoms with Crippen LogP contribution in [0.25, 0.3) is 0 Å². The molecule has 2 aliphatic heterocycles. The maximum absolute atomic E-state index is 11.4. The number of nitrogens with zero attached hydrogens (tertiary/aromatic N) is 3. The van der Waals surface area contributed by atoms with Crippen molar-refractivity contribution in [3.8, 4) is 5.75 Å². The molecule has 1 spiro atoms. The SMILES string of the molecule is CC1(Oc2ccc(N)c(C(=N)c3cc(N4CCC5(CC4)CNC(=O)CO5)ncn3)c2)CC1. The van der Waals surface area contributed by atoms with Crippen molar-refractivity contribution >= 4 is 23.1 Å². The molecule has 0 bridgehead atoms. The molecule has 4 N–H and O–H groups in total. The summed E-state index contributed by atoms with van der Waals surface area (Å²) in [5, 5.41) is 11.6. The van der Waals surface area contributed by atoms with E-state index in [1.54, 1.807) is 6.07 Å². The summed E-state index contributed by atoms with van der Waals surface area (Å²) < 4.78 is 11.9. The fourth-order valence-electron chi connectivity index (χ4n) is 4.22. The number of carbonyl (C=O) groups excluding carboxylic acids is 1. The van der Waals surface area contributed by atoms with Crippen LogP contribution < -0.4 is 20.7 Å². The number of ether oxygens (including phenoxy) is 2. The second-order valence-electron chi connectivity index (χ2n) is 9.17. The minimum Gasteiger partial charge on any atom is -0.488 e. The number of hydrogen-bond acceptors (Lipinski definition) is 8. The molecule has 0 unspecified atom stereocenters. The van der Waals surface area contributed by atoms with Crippen LogP contribution in [0.4, 0.5) is 11.5 Å². The molecular formula is C23H28N6O3. The van der Waals surface area contributed by atoms with E-state index in [1.807, 2.05) is 18.2 Å². The number of morpholine rings is 1. The summed E-state index contributed by atoms with van der Waals surface area (Å²) in [6.45, 7) is 4.27. The number of nitrogens with one attached hydrogen (secondary N) is 2. The highest BCUT2D eigenvalue weighted by Crippen LogP contribution is 2.40. The van der Waals surface area contributed by atoms with Gasteiger partial charge in [0.1, 0.15) is 30.1 Å². The van der Waals surface area contributed by atoms with Crippen LogP contribution in [-0.4, -0.2) is 59.0 Å². The molecule has 1 aromatic carbocycles. The number of hydrogen-bond donors (Lipinski definition) is 3. The van der Waals surface area contributed by atoms with Crippen molar-refractivity contribution in [1.29, 1.82) is 5.41 Å². The number of aromatic nitrogens is 2. The van der Waals surface area contributed by atoms with Gasteiger partial charge in [0, 0.05) is 37.0 Å². The van der Waals surface area contributed by atoms with Crippen LogP contribution in [0.3, 0.4) is 0 Å². The maximum Gasteiger partial charge on any atom is 0.246 e. The van der Waals surface area contributed by atoms with Gasteiger partial charge in [-0.3, -0.25) is 10.2 Å². The van der Waals surface area contributed by atoms with E-state index < -0.39 is 0 Å². The normalized spacial score (nSPS) is 21.2. The molecule has 2 saturated heterocycles. The van der Waals surface area contributed by atoms with E-state index in [0.717, 1.165) is 44.6 Å². The van der Waals surface area contributed by atoms with Crippen molar-refractivity contribution in [3.63, 3.8) is 0 Å². The minimum atomic E-state index is -0.292. The lowest BCUT2D eigenvalue weighted by Gasteiger charge is -2.43. The summed E-state index contributed by atoms with van der Waals surface area (Å²) in [4.78, 5) is 22.3. The maximum atomic E-state index is 11.4. The van der Waals surface area contributed by atoms with E-state index >= 15 is 0 Å². The van der Waals surface area contributed by atoms with Crippen molar-refractivity contribution in [2.45, 2.75) is 43.8 Å². The van der Waals surface area contributed by atoms with Crippen LogP contribution in [0.15, 0.2) is 30.6 Å². The van der Waals surface area contributed by atoms with Crippen LogP contribution in [0.1, 0.15) is 43.9 Å². The van der Waals surface area contributed by atoms with E-state index in [4.69, 9.17) is 20.6 Å². The number of piperidine rings is 1. The first kappa shape index (κ1) is 20.7. The van der Waals surface area contributed by atoms with Crippen LogP contribution in [0.2, 0.25) is 0 Å². The first-order valence-electron chi connectivity index (χ1n) is 11.0. The Bertz CT molecular complexity index is 1050. The molecule has 9 nitrogen and oxygen atoms in total. The summed E-state index contributed by atoms with van der Waals surface area (Å²) in [5.41, 5.74) is 7.65. The van der Waals surface area contributed by atoms with Gasteiger partial charge in [-0.2, -0.15) is 0 Å². The number of nitrogen functional groups attached to an aromatic ring is 1. The largest absolute Gasteiger partial charge is 0.488 e. The number of benzene rings is 1. The quantitative estimate of drug-likeness (QED) is 0.483. The molecule has 1 amide bonds. The highest BCUT2D eigenvalue weighted by molar-refractivity contribution is 6.13. The molecule has 2 aromatic rings. The molecule has 3 fully saturated rings. The summed E-state index contributed by atoms with van der Waals surface area (Å²) >= 11 is 0. The fraction of sp³-hybridized carbons (Fsp3) is 0.478. The summed E-state index contributed by atoms with van der Waals surface area (Å²) in [6, 6.07) is 7.28. The molecular weight excluding hydrogens is 408 g/mol. The third-order valence-corrected chi connectivity index (χ3v) is 6.64. The van der Waals surface area contributed by atoms with Crippen molar-refractivity contribution < 1.29 is 14.3 Å². The van der Waals surface area contributed by atoms with Crippen molar-refractivity contribution in [1.82, 2.24) is 15.3 Å². The zero-order valence-electron chi connectivity index (χ0n) is 18.2. The molecule has 0 radical (unpaired) electrons. The standard InChI is InChI=1S/C23H28N6O3/c1-22(4-5-22)32-15-2-3-17(24)16(10-15)21(25)18-11-19(28-14-27-18)29-8-6-23(7-9-29)13-26-20(30)12-31-23/h2-3,10-11,14,25H,4-9,12-13,24H2,1H3,(H,26,30). The Balaban J connectivity index is 1.31. The Hall–Kier alpha value is -3.20. The Kier molecular flexibility index (Phi) is 5.00. The molecule has 3 heterocycles. The van der Waals surface area contributed by atoms with Gasteiger partial charge in [-0.1, -0.05) is 0 Å².